The van der Waals surface area contributed by atoms with Crippen LogP contribution in [0.3, 0.4) is 0 Å². The third-order valence-corrected chi connectivity index (χ3v) is 5.88. The van der Waals surface area contributed by atoms with Crippen LogP contribution in [-0.4, -0.2) is 37.1 Å². The van der Waals surface area contributed by atoms with Gasteiger partial charge >= 0.3 is 0 Å². The Morgan fingerprint density at radius 3 is 3.04 bits per heavy atom. The standard InChI is InChI=1S/C17H23N5OS/c23-16(8-7-15-18-9-12-24-15)21-11-4-5-13(21)17-20-19-14-6-2-1-3-10-22(14)17/h9,12-13H,1-8,10-11H2. The van der Waals surface area contributed by atoms with Crippen LogP contribution in [0.5, 0.6) is 0 Å². The summed E-state index contributed by atoms with van der Waals surface area (Å²) in [6, 6.07) is 0.105. The second kappa shape index (κ2) is 7.01. The average Bonchev–Trinajstić information content (AvgIpc) is 3.31. The molecule has 2 aliphatic heterocycles. The van der Waals surface area contributed by atoms with Gasteiger partial charge in [-0.05, 0) is 25.7 Å². The summed E-state index contributed by atoms with van der Waals surface area (Å²) < 4.78 is 2.28. The van der Waals surface area contributed by atoms with Gasteiger partial charge in [-0.15, -0.1) is 21.5 Å². The first-order valence-electron chi connectivity index (χ1n) is 8.93. The number of hydrogen-bond acceptors (Lipinski definition) is 5. The minimum atomic E-state index is 0.105. The highest BCUT2D eigenvalue weighted by atomic mass is 32.1. The highest BCUT2D eigenvalue weighted by Crippen LogP contribution is 2.33. The van der Waals surface area contributed by atoms with Gasteiger partial charge in [0.15, 0.2) is 5.82 Å². The van der Waals surface area contributed by atoms with Gasteiger partial charge in [0.25, 0.3) is 0 Å². The molecule has 0 radical (unpaired) electrons. The van der Waals surface area contributed by atoms with Crippen molar-refractivity contribution in [3.8, 4) is 0 Å². The summed E-state index contributed by atoms with van der Waals surface area (Å²) in [5.74, 6) is 2.33. The summed E-state index contributed by atoms with van der Waals surface area (Å²) in [7, 11) is 0. The van der Waals surface area contributed by atoms with E-state index >= 15 is 0 Å². The van der Waals surface area contributed by atoms with Gasteiger partial charge in [0.05, 0.1) is 11.0 Å². The lowest BCUT2D eigenvalue weighted by molar-refractivity contribution is -0.132. The highest BCUT2D eigenvalue weighted by Gasteiger charge is 2.34. The van der Waals surface area contributed by atoms with Crippen molar-refractivity contribution >= 4 is 17.2 Å². The topological polar surface area (TPSA) is 63.9 Å². The maximum Gasteiger partial charge on any atom is 0.223 e. The van der Waals surface area contributed by atoms with Crippen LogP contribution in [0.15, 0.2) is 11.6 Å². The number of hydrogen-bond donors (Lipinski definition) is 0. The van der Waals surface area contributed by atoms with E-state index in [4.69, 9.17) is 0 Å². The number of carbonyl (C=O) groups excluding carboxylic acids is 1. The zero-order chi connectivity index (χ0) is 16.4. The Balaban J connectivity index is 1.48. The Labute approximate surface area is 145 Å². The molecule has 128 valence electrons. The molecule has 0 saturated carbocycles. The van der Waals surface area contributed by atoms with Crippen molar-refractivity contribution in [2.24, 2.45) is 0 Å². The van der Waals surface area contributed by atoms with Gasteiger partial charge in [-0.3, -0.25) is 4.79 Å². The van der Waals surface area contributed by atoms with Crippen LogP contribution in [0.1, 0.15) is 61.2 Å². The first-order chi connectivity index (χ1) is 11.8. The minimum absolute atomic E-state index is 0.105. The lowest BCUT2D eigenvalue weighted by Crippen LogP contribution is -2.32. The Morgan fingerprint density at radius 2 is 2.17 bits per heavy atom. The van der Waals surface area contributed by atoms with Crippen LogP contribution in [-0.2, 0) is 24.2 Å². The average molecular weight is 345 g/mol. The van der Waals surface area contributed by atoms with E-state index in [0.29, 0.717) is 6.42 Å². The van der Waals surface area contributed by atoms with Crippen molar-refractivity contribution in [1.82, 2.24) is 24.6 Å². The molecule has 0 aromatic carbocycles. The van der Waals surface area contributed by atoms with E-state index in [1.807, 2.05) is 10.3 Å². The molecular formula is C17H23N5OS. The van der Waals surface area contributed by atoms with Crippen LogP contribution < -0.4 is 0 Å². The predicted octanol–water partition coefficient (Wildman–Crippen LogP) is 2.76. The van der Waals surface area contributed by atoms with E-state index in [9.17, 15) is 4.79 Å². The molecule has 0 aliphatic carbocycles. The number of nitrogens with zero attached hydrogens (tertiary/aromatic N) is 5. The molecule has 24 heavy (non-hydrogen) atoms. The maximum atomic E-state index is 12.7. The summed E-state index contributed by atoms with van der Waals surface area (Å²) in [6.45, 7) is 1.83. The number of aryl methyl sites for hydroxylation is 2. The molecule has 7 heteroatoms. The Morgan fingerprint density at radius 1 is 1.21 bits per heavy atom. The van der Waals surface area contributed by atoms with Gasteiger partial charge < -0.3 is 9.47 Å². The first-order valence-corrected chi connectivity index (χ1v) is 9.81. The van der Waals surface area contributed by atoms with E-state index in [-0.39, 0.29) is 11.9 Å². The molecule has 2 aliphatic rings. The van der Waals surface area contributed by atoms with E-state index in [1.54, 1.807) is 17.5 Å². The fourth-order valence-electron chi connectivity index (χ4n) is 3.82. The fourth-order valence-corrected chi connectivity index (χ4v) is 4.44. The van der Waals surface area contributed by atoms with Gasteiger partial charge in [-0.2, -0.15) is 0 Å². The van der Waals surface area contributed by atoms with Gasteiger partial charge in [0, 0.05) is 43.9 Å². The molecule has 0 spiro atoms. The van der Waals surface area contributed by atoms with Gasteiger partial charge in [-0.25, -0.2) is 4.98 Å². The quantitative estimate of drug-likeness (QED) is 0.855. The third kappa shape index (κ3) is 3.09. The van der Waals surface area contributed by atoms with Crippen LogP contribution in [0, 0.1) is 0 Å². The molecule has 4 heterocycles. The molecule has 0 N–H and O–H groups in total. The second-order valence-electron chi connectivity index (χ2n) is 6.61. The van der Waals surface area contributed by atoms with Crippen LogP contribution in [0.25, 0.3) is 0 Å². The summed E-state index contributed by atoms with van der Waals surface area (Å²) in [5, 5.41) is 11.9. The monoisotopic (exact) mass is 345 g/mol. The smallest absolute Gasteiger partial charge is 0.223 e. The van der Waals surface area contributed by atoms with Crippen molar-refractivity contribution < 1.29 is 4.79 Å². The zero-order valence-electron chi connectivity index (χ0n) is 13.9. The van der Waals surface area contributed by atoms with Crippen LogP contribution in [0.2, 0.25) is 0 Å². The molecule has 1 atom stereocenters. The number of rotatable bonds is 4. The molecular weight excluding hydrogens is 322 g/mol. The van der Waals surface area contributed by atoms with E-state index < -0.39 is 0 Å². The minimum Gasteiger partial charge on any atom is -0.332 e. The summed E-state index contributed by atoms with van der Waals surface area (Å²) in [5.41, 5.74) is 0. The van der Waals surface area contributed by atoms with Crippen molar-refractivity contribution in [3.05, 3.63) is 28.2 Å². The molecule has 1 unspecified atom stereocenters. The number of fused-ring (bicyclic) bond motifs is 1. The first kappa shape index (κ1) is 15.7. The van der Waals surface area contributed by atoms with Gasteiger partial charge in [0.1, 0.15) is 5.82 Å². The molecule has 4 rings (SSSR count). The molecule has 1 saturated heterocycles. The van der Waals surface area contributed by atoms with E-state index in [1.165, 1.54) is 19.3 Å². The molecule has 0 bridgehead atoms. The summed E-state index contributed by atoms with van der Waals surface area (Å²) in [6.07, 6.45) is 9.76. The normalized spacial score (nSPS) is 20.8. The predicted molar refractivity (Wildman–Crippen MR) is 91.7 cm³/mol. The molecule has 2 aromatic rings. The van der Waals surface area contributed by atoms with Crippen molar-refractivity contribution in [1.29, 1.82) is 0 Å². The van der Waals surface area contributed by atoms with Gasteiger partial charge in [-0.1, -0.05) is 6.42 Å². The zero-order valence-corrected chi connectivity index (χ0v) is 14.7. The van der Waals surface area contributed by atoms with Gasteiger partial charge in [0.2, 0.25) is 5.91 Å². The fraction of sp³-hybridized carbons (Fsp3) is 0.647. The Kier molecular flexibility index (Phi) is 4.60. The Hall–Kier alpha value is -1.76. The SMILES string of the molecule is O=C(CCc1nccs1)N1CCCC1c1nnc2n1CCCCC2. The van der Waals surface area contributed by atoms with E-state index in [0.717, 1.165) is 55.4 Å². The highest BCUT2D eigenvalue weighted by molar-refractivity contribution is 7.09. The third-order valence-electron chi connectivity index (χ3n) is 5.05. The number of amides is 1. The number of carbonyl (C=O) groups is 1. The van der Waals surface area contributed by atoms with Crippen molar-refractivity contribution in [2.75, 3.05) is 6.54 Å². The van der Waals surface area contributed by atoms with Crippen LogP contribution in [0.4, 0.5) is 0 Å². The molecule has 1 amide bonds. The van der Waals surface area contributed by atoms with Crippen molar-refractivity contribution in [3.63, 3.8) is 0 Å². The van der Waals surface area contributed by atoms with Crippen LogP contribution >= 0.6 is 11.3 Å². The molecule has 6 nitrogen and oxygen atoms in total. The van der Waals surface area contributed by atoms with E-state index in [2.05, 4.69) is 19.7 Å². The number of thiazole rings is 1. The summed E-state index contributed by atoms with van der Waals surface area (Å²) >= 11 is 1.62. The summed E-state index contributed by atoms with van der Waals surface area (Å²) in [4.78, 5) is 19.0. The number of likely N-dealkylation sites (tertiary alicyclic amines) is 1. The number of aromatic nitrogens is 4. The Bertz CT molecular complexity index is 696. The second-order valence-corrected chi connectivity index (χ2v) is 7.59. The molecule has 1 fully saturated rings. The molecule has 2 aromatic heterocycles. The lowest BCUT2D eigenvalue weighted by atomic mass is 10.2. The lowest BCUT2D eigenvalue weighted by Gasteiger charge is -2.24. The largest absolute Gasteiger partial charge is 0.332 e. The maximum absolute atomic E-state index is 12.7. The van der Waals surface area contributed by atoms with Crippen molar-refractivity contribution in [2.45, 2.75) is 64.0 Å².